The Balaban J connectivity index is 1.65. The minimum absolute atomic E-state index is 0.267. The Morgan fingerprint density at radius 3 is 2.32 bits per heavy atom. The van der Waals surface area contributed by atoms with Crippen molar-refractivity contribution in [2.75, 3.05) is 0 Å². The summed E-state index contributed by atoms with van der Waals surface area (Å²) in [4.78, 5) is 17.4. The molecular formula is C19H13Br2N5OS. The molecule has 1 N–H and O–H groups in total. The highest BCUT2D eigenvalue weighted by Crippen LogP contribution is 2.26. The fourth-order valence-electron chi connectivity index (χ4n) is 2.53. The second-order valence-electron chi connectivity index (χ2n) is 5.92. The van der Waals surface area contributed by atoms with Crippen molar-refractivity contribution >= 4 is 54.6 Å². The number of aromatic amines is 1. The van der Waals surface area contributed by atoms with Crippen molar-refractivity contribution < 1.29 is 0 Å². The minimum Gasteiger partial charge on any atom is -0.291 e. The van der Waals surface area contributed by atoms with Crippen LogP contribution in [0.2, 0.25) is 0 Å². The number of hydrogen-bond acceptors (Lipinski definition) is 5. The van der Waals surface area contributed by atoms with Gasteiger partial charge in [-0.15, -0.1) is 16.5 Å². The van der Waals surface area contributed by atoms with Crippen LogP contribution in [0.4, 0.5) is 11.4 Å². The van der Waals surface area contributed by atoms with E-state index in [9.17, 15) is 4.79 Å². The van der Waals surface area contributed by atoms with Gasteiger partial charge in [0.15, 0.2) is 5.69 Å². The van der Waals surface area contributed by atoms with Crippen LogP contribution >= 0.6 is 43.2 Å². The molecule has 0 aliphatic carbocycles. The standard InChI is InChI=1S/C19H13Br2N5OS/c1-11-17(24-23-15-8-6-14(21)7-9-15)18(27)26(25-11)19-22-16(10-28-19)12-2-4-13(20)5-3-12/h2-10,25H,1H3. The maximum absolute atomic E-state index is 12.8. The number of benzene rings is 2. The van der Waals surface area contributed by atoms with Crippen LogP contribution in [0.1, 0.15) is 5.69 Å². The molecule has 2 aromatic carbocycles. The molecular weight excluding hydrogens is 506 g/mol. The molecule has 28 heavy (non-hydrogen) atoms. The topological polar surface area (TPSA) is 75.4 Å². The Morgan fingerprint density at radius 1 is 1.00 bits per heavy atom. The molecule has 0 spiro atoms. The summed E-state index contributed by atoms with van der Waals surface area (Å²) in [5.41, 5.74) is 3.08. The minimum atomic E-state index is -0.282. The van der Waals surface area contributed by atoms with Crippen molar-refractivity contribution in [3.05, 3.63) is 78.9 Å². The van der Waals surface area contributed by atoms with Gasteiger partial charge in [-0.2, -0.15) is 9.80 Å². The molecule has 4 aromatic rings. The van der Waals surface area contributed by atoms with E-state index in [1.807, 2.05) is 53.9 Å². The first kappa shape index (κ1) is 19.0. The second-order valence-corrected chi connectivity index (χ2v) is 8.59. The van der Waals surface area contributed by atoms with Crippen LogP contribution in [0.25, 0.3) is 16.4 Å². The molecule has 0 atom stereocenters. The molecule has 0 saturated heterocycles. The molecule has 2 heterocycles. The number of aryl methyl sites for hydroxylation is 1. The maximum atomic E-state index is 12.8. The summed E-state index contributed by atoms with van der Waals surface area (Å²) in [7, 11) is 0. The van der Waals surface area contributed by atoms with Gasteiger partial charge in [0.05, 0.1) is 17.1 Å². The Bertz CT molecular complexity index is 1210. The third-order valence-corrected chi connectivity index (χ3v) is 5.84. The van der Waals surface area contributed by atoms with Crippen LogP contribution in [0.5, 0.6) is 0 Å². The summed E-state index contributed by atoms with van der Waals surface area (Å²) in [5, 5.41) is 13.8. The Kier molecular flexibility index (Phi) is 5.38. The quantitative estimate of drug-likeness (QED) is 0.311. The van der Waals surface area contributed by atoms with Crippen molar-refractivity contribution in [1.29, 1.82) is 0 Å². The zero-order valence-corrected chi connectivity index (χ0v) is 18.5. The van der Waals surface area contributed by atoms with E-state index >= 15 is 0 Å². The number of rotatable bonds is 4. The third-order valence-electron chi connectivity index (χ3n) is 3.96. The number of nitrogens with zero attached hydrogens (tertiary/aromatic N) is 4. The zero-order chi connectivity index (χ0) is 19.7. The Morgan fingerprint density at radius 2 is 1.64 bits per heavy atom. The number of azo groups is 1. The summed E-state index contributed by atoms with van der Waals surface area (Å²) in [5.74, 6) is 0. The smallest absolute Gasteiger partial charge is 0.291 e. The average molecular weight is 519 g/mol. The van der Waals surface area contributed by atoms with E-state index in [1.54, 1.807) is 6.92 Å². The van der Waals surface area contributed by atoms with E-state index in [0.29, 0.717) is 16.5 Å². The first-order chi connectivity index (χ1) is 13.5. The van der Waals surface area contributed by atoms with Gasteiger partial charge >= 0.3 is 5.56 Å². The van der Waals surface area contributed by atoms with Gasteiger partial charge in [0.25, 0.3) is 0 Å². The third kappa shape index (κ3) is 3.91. The lowest BCUT2D eigenvalue weighted by Crippen LogP contribution is -2.13. The van der Waals surface area contributed by atoms with Crippen molar-refractivity contribution in [2.45, 2.75) is 6.92 Å². The number of H-pyrrole nitrogens is 1. The van der Waals surface area contributed by atoms with E-state index in [4.69, 9.17) is 0 Å². The van der Waals surface area contributed by atoms with E-state index in [0.717, 1.165) is 20.2 Å². The molecule has 0 aliphatic rings. The molecule has 9 heteroatoms. The first-order valence-corrected chi connectivity index (χ1v) is 10.7. The van der Waals surface area contributed by atoms with Crippen LogP contribution in [0.3, 0.4) is 0 Å². The highest BCUT2D eigenvalue weighted by molar-refractivity contribution is 9.10. The number of nitrogens with one attached hydrogen (secondary N) is 1. The van der Waals surface area contributed by atoms with Gasteiger partial charge in [-0.1, -0.05) is 44.0 Å². The van der Waals surface area contributed by atoms with E-state index < -0.39 is 0 Å². The predicted octanol–water partition coefficient (Wildman–Crippen LogP) is 6.54. The highest BCUT2D eigenvalue weighted by Gasteiger charge is 2.15. The molecule has 0 fully saturated rings. The van der Waals surface area contributed by atoms with Gasteiger partial charge < -0.3 is 0 Å². The lowest BCUT2D eigenvalue weighted by atomic mass is 10.2. The summed E-state index contributed by atoms with van der Waals surface area (Å²) in [6.07, 6.45) is 0. The molecule has 0 radical (unpaired) electrons. The van der Waals surface area contributed by atoms with Gasteiger partial charge in [0.2, 0.25) is 5.13 Å². The first-order valence-electron chi connectivity index (χ1n) is 8.22. The van der Waals surface area contributed by atoms with E-state index in [2.05, 4.69) is 52.2 Å². The van der Waals surface area contributed by atoms with Gasteiger partial charge in [0.1, 0.15) is 0 Å². The molecule has 0 saturated carbocycles. The van der Waals surface area contributed by atoms with Crippen LogP contribution in [0, 0.1) is 6.92 Å². The molecule has 2 aromatic heterocycles. The van der Waals surface area contributed by atoms with Crippen molar-refractivity contribution in [2.24, 2.45) is 10.2 Å². The number of halogens is 2. The maximum Gasteiger partial charge on any atom is 0.301 e. The molecule has 0 amide bonds. The summed E-state index contributed by atoms with van der Waals surface area (Å²) in [6, 6.07) is 15.2. The largest absolute Gasteiger partial charge is 0.301 e. The predicted molar refractivity (Wildman–Crippen MR) is 118 cm³/mol. The molecule has 0 unspecified atom stereocenters. The molecule has 0 bridgehead atoms. The summed E-state index contributed by atoms with van der Waals surface area (Å²) >= 11 is 8.19. The van der Waals surface area contributed by atoms with Gasteiger partial charge in [-0.25, -0.2) is 4.98 Å². The zero-order valence-electron chi connectivity index (χ0n) is 14.6. The second kappa shape index (κ2) is 7.94. The van der Waals surface area contributed by atoms with Gasteiger partial charge in [-0.05, 0) is 43.3 Å². The molecule has 4 rings (SSSR count). The Labute approximate surface area is 181 Å². The van der Waals surface area contributed by atoms with Crippen LogP contribution in [0.15, 0.2) is 77.9 Å². The summed E-state index contributed by atoms with van der Waals surface area (Å²) < 4.78 is 3.36. The van der Waals surface area contributed by atoms with E-state index in [-0.39, 0.29) is 11.2 Å². The number of hydrogen-bond donors (Lipinski definition) is 1. The van der Waals surface area contributed by atoms with Crippen LogP contribution < -0.4 is 5.56 Å². The van der Waals surface area contributed by atoms with Crippen molar-refractivity contribution in [3.8, 4) is 16.4 Å². The average Bonchev–Trinajstić information content (AvgIpc) is 3.27. The number of thiazole rings is 1. The van der Waals surface area contributed by atoms with Gasteiger partial charge in [0, 0.05) is 19.9 Å². The van der Waals surface area contributed by atoms with E-state index in [1.165, 1.54) is 16.0 Å². The SMILES string of the molecule is Cc1[nH]n(-c2nc(-c3ccc(Br)cc3)cs2)c(=O)c1N=Nc1ccc(Br)cc1. The van der Waals surface area contributed by atoms with Crippen LogP contribution in [-0.4, -0.2) is 14.8 Å². The molecule has 0 aliphatic heterocycles. The normalized spacial score (nSPS) is 11.4. The van der Waals surface area contributed by atoms with Crippen LogP contribution in [-0.2, 0) is 0 Å². The highest BCUT2D eigenvalue weighted by atomic mass is 79.9. The Hall–Kier alpha value is -2.36. The fraction of sp³-hybridized carbons (Fsp3) is 0.0526. The summed E-state index contributed by atoms with van der Waals surface area (Å²) in [6.45, 7) is 1.79. The lowest BCUT2D eigenvalue weighted by Gasteiger charge is -1.97. The molecule has 6 nitrogen and oxygen atoms in total. The lowest BCUT2D eigenvalue weighted by molar-refractivity contribution is 0.827. The monoisotopic (exact) mass is 517 g/mol. The van der Waals surface area contributed by atoms with Crippen molar-refractivity contribution in [3.63, 3.8) is 0 Å². The van der Waals surface area contributed by atoms with Gasteiger partial charge in [-0.3, -0.25) is 9.89 Å². The number of aromatic nitrogens is 3. The molecule has 140 valence electrons. The van der Waals surface area contributed by atoms with Crippen molar-refractivity contribution in [1.82, 2.24) is 14.8 Å². The fourth-order valence-corrected chi connectivity index (χ4v) is 3.85.